The van der Waals surface area contributed by atoms with Crippen molar-refractivity contribution in [1.82, 2.24) is 5.32 Å². The highest BCUT2D eigenvalue weighted by atomic mass is 79.9. The summed E-state index contributed by atoms with van der Waals surface area (Å²) in [6.07, 6.45) is 1.29. The monoisotopic (exact) mass is 249 g/mol. The van der Waals surface area contributed by atoms with Crippen LogP contribution in [-0.2, 0) is 9.53 Å². The Labute approximate surface area is 87.7 Å². The maximum atomic E-state index is 11.1. The van der Waals surface area contributed by atoms with Gasteiger partial charge in [0.1, 0.15) is 0 Å². The summed E-state index contributed by atoms with van der Waals surface area (Å²) < 4.78 is 5.89. The highest BCUT2D eigenvalue weighted by molar-refractivity contribution is 9.11. The average molecular weight is 250 g/mol. The second kappa shape index (κ2) is 8.26. The van der Waals surface area contributed by atoms with Crippen LogP contribution in [-0.4, -0.2) is 25.7 Å². The van der Waals surface area contributed by atoms with Crippen molar-refractivity contribution >= 4 is 21.8 Å². The van der Waals surface area contributed by atoms with Crippen molar-refractivity contribution in [3.05, 3.63) is 11.1 Å². The predicted molar refractivity (Wildman–Crippen MR) is 56.8 cm³/mol. The topological polar surface area (TPSA) is 38.3 Å². The molecule has 0 unspecified atom stereocenters. The molecule has 1 N–H and O–H groups in total. The van der Waals surface area contributed by atoms with Crippen LogP contribution in [0.15, 0.2) is 11.1 Å². The van der Waals surface area contributed by atoms with E-state index < -0.39 is 0 Å². The van der Waals surface area contributed by atoms with Crippen LogP contribution >= 0.6 is 15.9 Å². The van der Waals surface area contributed by atoms with E-state index >= 15 is 0 Å². The van der Waals surface area contributed by atoms with Gasteiger partial charge in [-0.3, -0.25) is 4.79 Å². The number of carbonyl (C=O) groups is 1. The molecule has 0 bridgehead atoms. The Bertz CT molecular complexity index is 171. The van der Waals surface area contributed by atoms with Gasteiger partial charge in [0.2, 0.25) is 5.91 Å². The molecule has 0 aliphatic rings. The minimum Gasteiger partial charge on any atom is -0.382 e. The normalized spacial score (nSPS) is 9.69. The fourth-order valence-electron chi connectivity index (χ4n) is 0.762. The van der Waals surface area contributed by atoms with Gasteiger partial charge in [-0.05, 0) is 13.3 Å². The quantitative estimate of drug-likeness (QED) is 0.700. The third-order valence-corrected chi connectivity index (χ3v) is 1.65. The summed E-state index contributed by atoms with van der Waals surface area (Å²) >= 11 is 3.16. The number of hydrogen-bond acceptors (Lipinski definition) is 2. The Balaban J connectivity index is 3.25. The molecular formula is C9H16BrNO2. The second-order valence-corrected chi connectivity index (χ2v) is 3.72. The van der Waals surface area contributed by atoms with Crippen LogP contribution in [0.1, 0.15) is 19.8 Å². The maximum Gasteiger partial charge on any atom is 0.220 e. The molecule has 0 saturated heterocycles. The lowest BCUT2D eigenvalue weighted by molar-refractivity contribution is -0.121. The van der Waals surface area contributed by atoms with Crippen molar-refractivity contribution in [2.45, 2.75) is 19.8 Å². The molecule has 76 valence electrons. The molecular weight excluding hydrogens is 234 g/mol. The van der Waals surface area contributed by atoms with Gasteiger partial charge < -0.3 is 10.1 Å². The van der Waals surface area contributed by atoms with Gasteiger partial charge in [0.15, 0.2) is 0 Å². The summed E-state index contributed by atoms with van der Waals surface area (Å²) in [6, 6.07) is 0. The van der Waals surface area contributed by atoms with E-state index in [2.05, 4.69) is 27.8 Å². The number of ether oxygens (including phenoxy) is 1. The molecule has 0 spiro atoms. The molecule has 0 aliphatic carbocycles. The molecule has 0 aromatic carbocycles. The molecule has 0 fully saturated rings. The smallest absolute Gasteiger partial charge is 0.220 e. The largest absolute Gasteiger partial charge is 0.382 e. The van der Waals surface area contributed by atoms with Crippen LogP contribution in [0.3, 0.4) is 0 Å². The van der Waals surface area contributed by atoms with Crippen LogP contribution < -0.4 is 5.32 Å². The van der Waals surface area contributed by atoms with E-state index in [0.717, 1.165) is 10.9 Å². The van der Waals surface area contributed by atoms with Gasteiger partial charge in [-0.1, -0.05) is 22.5 Å². The zero-order valence-corrected chi connectivity index (χ0v) is 9.52. The molecule has 0 rings (SSSR count). The summed E-state index contributed by atoms with van der Waals surface area (Å²) in [5, 5.41) is 2.72. The van der Waals surface area contributed by atoms with Crippen LogP contribution in [0.4, 0.5) is 0 Å². The molecule has 0 aromatic heterocycles. The number of nitrogens with one attached hydrogen (secondary N) is 1. The summed E-state index contributed by atoms with van der Waals surface area (Å²) in [5.41, 5.74) is 0. The zero-order valence-electron chi connectivity index (χ0n) is 7.94. The first kappa shape index (κ1) is 12.7. The van der Waals surface area contributed by atoms with Crippen molar-refractivity contribution < 1.29 is 9.53 Å². The van der Waals surface area contributed by atoms with Crippen molar-refractivity contribution in [1.29, 1.82) is 0 Å². The van der Waals surface area contributed by atoms with E-state index in [1.165, 1.54) is 0 Å². The molecule has 0 heterocycles. The zero-order chi connectivity index (χ0) is 10.1. The molecule has 3 nitrogen and oxygen atoms in total. The number of hydrogen-bond donors (Lipinski definition) is 1. The highest BCUT2D eigenvalue weighted by Crippen LogP contribution is 1.97. The fraction of sp³-hybridized carbons (Fsp3) is 0.667. The van der Waals surface area contributed by atoms with Crippen LogP contribution in [0.2, 0.25) is 0 Å². The molecule has 0 aliphatic heterocycles. The van der Waals surface area contributed by atoms with E-state index in [1.807, 2.05) is 6.92 Å². The number of amides is 1. The van der Waals surface area contributed by atoms with Crippen molar-refractivity contribution in [3.8, 4) is 0 Å². The van der Waals surface area contributed by atoms with Crippen LogP contribution in [0.5, 0.6) is 0 Å². The first-order valence-corrected chi connectivity index (χ1v) is 5.13. The lowest BCUT2D eigenvalue weighted by atomic mass is 10.3. The molecule has 0 atom stereocenters. The highest BCUT2D eigenvalue weighted by Gasteiger charge is 1.99. The summed E-state index contributed by atoms with van der Waals surface area (Å²) in [5.74, 6) is 0.0419. The Hall–Kier alpha value is -0.350. The third kappa shape index (κ3) is 9.56. The molecule has 0 aromatic rings. The fourth-order valence-corrected chi connectivity index (χ4v) is 0.902. The van der Waals surface area contributed by atoms with E-state index in [9.17, 15) is 4.79 Å². The van der Waals surface area contributed by atoms with Gasteiger partial charge in [-0.2, -0.15) is 0 Å². The summed E-state index contributed by atoms with van der Waals surface area (Å²) in [4.78, 5) is 11.1. The SMILES string of the molecule is C=C(Br)CNC(=O)CCCOCC. The molecule has 0 radical (unpaired) electrons. The van der Waals surface area contributed by atoms with E-state index in [4.69, 9.17) is 4.74 Å². The lowest BCUT2D eigenvalue weighted by Crippen LogP contribution is -2.24. The van der Waals surface area contributed by atoms with Gasteiger partial charge in [0.05, 0.1) is 0 Å². The van der Waals surface area contributed by atoms with E-state index in [-0.39, 0.29) is 5.91 Å². The van der Waals surface area contributed by atoms with E-state index in [0.29, 0.717) is 26.2 Å². The molecule has 1 amide bonds. The van der Waals surface area contributed by atoms with Crippen LogP contribution in [0.25, 0.3) is 0 Å². The average Bonchev–Trinajstić information content (AvgIpc) is 2.09. The Morgan fingerprint density at radius 1 is 1.62 bits per heavy atom. The standard InChI is InChI=1S/C9H16BrNO2/c1-3-13-6-4-5-9(12)11-7-8(2)10/h2-7H2,1H3,(H,11,12). The van der Waals surface area contributed by atoms with Gasteiger partial charge in [-0.25, -0.2) is 0 Å². The lowest BCUT2D eigenvalue weighted by Gasteiger charge is -2.03. The number of carbonyl (C=O) groups excluding carboxylic acids is 1. The van der Waals surface area contributed by atoms with Crippen LogP contribution in [0, 0.1) is 0 Å². The van der Waals surface area contributed by atoms with E-state index in [1.54, 1.807) is 0 Å². The predicted octanol–water partition coefficient (Wildman–Crippen LogP) is 1.83. The summed E-state index contributed by atoms with van der Waals surface area (Å²) in [7, 11) is 0. The Kier molecular flexibility index (Phi) is 8.04. The Morgan fingerprint density at radius 2 is 2.31 bits per heavy atom. The van der Waals surface area contributed by atoms with Gasteiger partial charge in [0, 0.05) is 30.7 Å². The van der Waals surface area contributed by atoms with Gasteiger partial charge >= 0.3 is 0 Å². The van der Waals surface area contributed by atoms with Crippen molar-refractivity contribution in [2.75, 3.05) is 19.8 Å². The van der Waals surface area contributed by atoms with Gasteiger partial charge in [0.25, 0.3) is 0 Å². The molecule has 4 heteroatoms. The Morgan fingerprint density at radius 3 is 2.85 bits per heavy atom. The summed E-state index contributed by atoms with van der Waals surface area (Å²) in [6.45, 7) is 7.41. The van der Waals surface area contributed by atoms with Gasteiger partial charge in [-0.15, -0.1) is 0 Å². The number of rotatable bonds is 7. The first-order chi connectivity index (χ1) is 6.16. The minimum absolute atomic E-state index is 0.0419. The van der Waals surface area contributed by atoms with Crippen molar-refractivity contribution in [3.63, 3.8) is 0 Å². The second-order valence-electron chi connectivity index (χ2n) is 2.59. The molecule has 13 heavy (non-hydrogen) atoms. The maximum absolute atomic E-state index is 11.1. The first-order valence-electron chi connectivity index (χ1n) is 4.34. The minimum atomic E-state index is 0.0419. The number of halogens is 1. The third-order valence-electron chi connectivity index (χ3n) is 1.37. The van der Waals surface area contributed by atoms with Crippen molar-refractivity contribution in [2.24, 2.45) is 0 Å². The molecule has 0 saturated carbocycles.